The van der Waals surface area contributed by atoms with Crippen LogP contribution in [0.5, 0.6) is 0 Å². The fourth-order valence-electron chi connectivity index (χ4n) is 2.26. The van der Waals surface area contributed by atoms with Crippen LogP contribution < -0.4 is 5.32 Å². The topological polar surface area (TPSA) is 82.6 Å². The van der Waals surface area contributed by atoms with E-state index in [9.17, 15) is 13.2 Å². The van der Waals surface area contributed by atoms with Gasteiger partial charge in [0.25, 0.3) is 0 Å². The van der Waals surface area contributed by atoms with Gasteiger partial charge in [0.05, 0.1) is 6.54 Å². The number of pyridine rings is 1. The summed E-state index contributed by atoms with van der Waals surface area (Å²) in [4.78, 5) is 17.9. The number of sulfonamides is 1. The van der Waals surface area contributed by atoms with Gasteiger partial charge in [-0.15, -0.1) is 0 Å². The summed E-state index contributed by atoms with van der Waals surface area (Å²) in [5, 5.41) is 3.19. The van der Waals surface area contributed by atoms with Crippen molar-refractivity contribution in [2.24, 2.45) is 0 Å². The molecule has 1 saturated heterocycles. The predicted molar refractivity (Wildman–Crippen MR) is 78.1 cm³/mol. The van der Waals surface area contributed by atoms with E-state index in [2.05, 4.69) is 10.3 Å². The summed E-state index contributed by atoms with van der Waals surface area (Å²) in [5.41, 5.74) is 0. The molecule has 1 atom stereocenters. The van der Waals surface area contributed by atoms with Gasteiger partial charge in [0, 0.05) is 45.1 Å². The van der Waals surface area contributed by atoms with Crippen molar-refractivity contribution in [1.29, 1.82) is 0 Å². The van der Waals surface area contributed by atoms with Crippen LogP contribution >= 0.6 is 0 Å². The first-order chi connectivity index (χ1) is 9.93. The molecule has 2 heterocycles. The van der Waals surface area contributed by atoms with E-state index in [1.807, 2.05) is 6.92 Å². The molecule has 1 amide bonds. The summed E-state index contributed by atoms with van der Waals surface area (Å²) in [6.07, 6.45) is 2.79. The number of aromatic nitrogens is 1. The first-order valence-corrected chi connectivity index (χ1v) is 8.23. The standard InChI is InChI=1S/C13H20N4O3S/c1-11-8-15-6-7-17(11)13(18)10-16(2)21(19,20)12-4-3-5-14-9-12/h3-5,9,11,15H,6-8,10H2,1-2H3. The SMILES string of the molecule is CC1CNCCN1C(=O)CN(C)S(=O)(=O)c1cccnc1. The average Bonchev–Trinajstić information content (AvgIpc) is 2.48. The second kappa shape index (κ2) is 6.50. The van der Waals surface area contributed by atoms with Crippen LogP contribution in [0, 0.1) is 0 Å². The van der Waals surface area contributed by atoms with Crippen molar-refractivity contribution >= 4 is 15.9 Å². The molecule has 0 radical (unpaired) electrons. The molecular weight excluding hydrogens is 292 g/mol. The fourth-order valence-corrected chi connectivity index (χ4v) is 3.34. The molecule has 116 valence electrons. The highest BCUT2D eigenvalue weighted by Crippen LogP contribution is 2.13. The number of amides is 1. The van der Waals surface area contributed by atoms with Crippen molar-refractivity contribution in [3.63, 3.8) is 0 Å². The number of piperazine rings is 1. The van der Waals surface area contributed by atoms with Gasteiger partial charge in [0.2, 0.25) is 15.9 Å². The molecule has 7 nitrogen and oxygen atoms in total. The summed E-state index contributed by atoms with van der Waals surface area (Å²) in [5.74, 6) is -0.182. The molecule has 0 bridgehead atoms. The minimum atomic E-state index is -3.68. The summed E-state index contributed by atoms with van der Waals surface area (Å²) in [6, 6.07) is 3.10. The van der Waals surface area contributed by atoms with Crippen LogP contribution in [0.2, 0.25) is 0 Å². The lowest BCUT2D eigenvalue weighted by Gasteiger charge is -2.34. The summed E-state index contributed by atoms with van der Waals surface area (Å²) >= 11 is 0. The van der Waals surface area contributed by atoms with Crippen LogP contribution in [-0.4, -0.2) is 67.8 Å². The van der Waals surface area contributed by atoms with Crippen molar-refractivity contribution < 1.29 is 13.2 Å². The second-order valence-corrected chi connectivity index (χ2v) is 7.13. The van der Waals surface area contributed by atoms with E-state index in [1.165, 1.54) is 25.5 Å². The lowest BCUT2D eigenvalue weighted by molar-refractivity contribution is -0.133. The largest absolute Gasteiger partial charge is 0.336 e. The number of nitrogens with one attached hydrogen (secondary N) is 1. The Morgan fingerprint density at radius 1 is 1.57 bits per heavy atom. The van der Waals surface area contributed by atoms with E-state index < -0.39 is 10.0 Å². The van der Waals surface area contributed by atoms with E-state index in [0.717, 1.165) is 17.4 Å². The molecule has 2 rings (SSSR count). The molecule has 8 heteroatoms. The number of carbonyl (C=O) groups excluding carboxylic acids is 1. The molecule has 0 saturated carbocycles. The first-order valence-electron chi connectivity index (χ1n) is 6.79. The number of hydrogen-bond donors (Lipinski definition) is 1. The van der Waals surface area contributed by atoms with Gasteiger partial charge in [-0.05, 0) is 19.1 Å². The van der Waals surface area contributed by atoms with Crippen molar-refractivity contribution in [3.05, 3.63) is 24.5 Å². The van der Waals surface area contributed by atoms with Gasteiger partial charge in [0.15, 0.2) is 0 Å². The van der Waals surface area contributed by atoms with Crippen LogP contribution in [0.3, 0.4) is 0 Å². The Balaban J connectivity index is 2.07. The second-order valence-electron chi connectivity index (χ2n) is 5.09. The zero-order valence-corrected chi connectivity index (χ0v) is 13.0. The van der Waals surface area contributed by atoms with Crippen molar-refractivity contribution in [1.82, 2.24) is 19.5 Å². The highest BCUT2D eigenvalue weighted by atomic mass is 32.2. The monoisotopic (exact) mass is 312 g/mol. The lowest BCUT2D eigenvalue weighted by atomic mass is 10.2. The number of likely N-dealkylation sites (N-methyl/N-ethyl adjacent to an activating group) is 1. The first kappa shape index (κ1) is 15.9. The quantitative estimate of drug-likeness (QED) is 0.812. The van der Waals surface area contributed by atoms with Gasteiger partial charge in [-0.2, -0.15) is 4.31 Å². The Kier molecular flexibility index (Phi) is 4.92. The van der Waals surface area contributed by atoms with Crippen LogP contribution in [-0.2, 0) is 14.8 Å². The third kappa shape index (κ3) is 3.58. The van der Waals surface area contributed by atoms with Crippen LogP contribution in [0.4, 0.5) is 0 Å². The van der Waals surface area contributed by atoms with Gasteiger partial charge in [-0.25, -0.2) is 8.42 Å². The van der Waals surface area contributed by atoms with E-state index in [1.54, 1.807) is 11.0 Å². The van der Waals surface area contributed by atoms with Crippen molar-refractivity contribution in [2.45, 2.75) is 17.9 Å². The molecule has 1 unspecified atom stereocenters. The normalized spacial score (nSPS) is 19.8. The maximum absolute atomic E-state index is 12.3. The van der Waals surface area contributed by atoms with Gasteiger partial charge < -0.3 is 10.2 Å². The lowest BCUT2D eigenvalue weighted by Crippen LogP contribution is -2.54. The molecule has 1 fully saturated rings. The molecule has 1 aliphatic rings. The van der Waals surface area contributed by atoms with Gasteiger partial charge in [-0.1, -0.05) is 0 Å². The fraction of sp³-hybridized carbons (Fsp3) is 0.538. The molecule has 21 heavy (non-hydrogen) atoms. The maximum Gasteiger partial charge on any atom is 0.244 e. The maximum atomic E-state index is 12.3. The highest BCUT2D eigenvalue weighted by molar-refractivity contribution is 7.89. The summed E-state index contributed by atoms with van der Waals surface area (Å²) < 4.78 is 25.7. The third-order valence-electron chi connectivity index (χ3n) is 3.52. The van der Waals surface area contributed by atoms with Gasteiger partial charge in [0.1, 0.15) is 4.90 Å². The average molecular weight is 312 g/mol. The molecule has 0 aliphatic carbocycles. The Morgan fingerprint density at radius 3 is 2.95 bits per heavy atom. The zero-order valence-electron chi connectivity index (χ0n) is 12.2. The number of carbonyl (C=O) groups is 1. The van der Waals surface area contributed by atoms with E-state index in [-0.39, 0.29) is 23.4 Å². The van der Waals surface area contributed by atoms with Crippen molar-refractivity contribution in [3.8, 4) is 0 Å². The van der Waals surface area contributed by atoms with Gasteiger partial charge >= 0.3 is 0 Å². The molecule has 1 N–H and O–H groups in total. The Hall–Kier alpha value is -1.51. The van der Waals surface area contributed by atoms with E-state index >= 15 is 0 Å². The van der Waals surface area contributed by atoms with E-state index in [4.69, 9.17) is 0 Å². The number of nitrogens with zero attached hydrogens (tertiary/aromatic N) is 3. The zero-order chi connectivity index (χ0) is 15.5. The molecule has 0 spiro atoms. The summed E-state index contributed by atoms with van der Waals surface area (Å²) in [6.45, 7) is 3.84. The van der Waals surface area contributed by atoms with Crippen LogP contribution in [0.1, 0.15) is 6.92 Å². The smallest absolute Gasteiger partial charge is 0.244 e. The Bertz CT molecular complexity index is 591. The molecule has 1 aromatic heterocycles. The van der Waals surface area contributed by atoms with Crippen LogP contribution in [0.15, 0.2) is 29.4 Å². The molecule has 1 aliphatic heterocycles. The van der Waals surface area contributed by atoms with Crippen molar-refractivity contribution in [2.75, 3.05) is 33.2 Å². The molecule has 0 aromatic carbocycles. The predicted octanol–water partition coefficient (Wildman–Crippen LogP) is -0.478. The molecular formula is C13H20N4O3S. The molecule has 1 aromatic rings. The van der Waals surface area contributed by atoms with Crippen LogP contribution in [0.25, 0.3) is 0 Å². The Morgan fingerprint density at radius 2 is 2.33 bits per heavy atom. The van der Waals surface area contributed by atoms with E-state index in [0.29, 0.717) is 6.54 Å². The Labute approximate surface area is 125 Å². The van der Waals surface area contributed by atoms with Gasteiger partial charge in [-0.3, -0.25) is 9.78 Å². The summed E-state index contributed by atoms with van der Waals surface area (Å²) in [7, 11) is -2.27. The minimum absolute atomic E-state index is 0.0701. The number of hydrogen-bond acceptors (Lipinski definition) is 5. The minimum Gasteiger partial charge on any atom is -0.336 e. The third-order valence-corrected chi connectivity index (χ3v) is 5.31. The number of rotatable bonds is 4. The highest BCUT2D eigenvalue weighted by Gasteiger charge is 2.28.